The summed E-state index contributed by atoms with van der Waals surface area (Å²) in [6, 6.07) is 7.48. The first-order valence-corrected chi connectivity index (χ1v) is 11.6. The number of aromatic nitrogens is 3. The van der Waals surface area contributed by atoms with Crippen molar-refractivity contribution in [1.29, 1.82) is 0 Å². The largest absolute Gasteiger partial charge is 0.455 e. The smallest absolute Gasteiger partial charge is 0.268 e. The lowest BCUT2D eigenvalue weighted by molar-refractivity contribution is 0.0787. The number of likely N-dealkylation sites (tertiary alicyclic amines) is 1. The molecular weight excluding hydrogens is 446 g/mol. The van der Waals surface area contributed by atoms with Crippen LogP contribution in [0.25, 0.3) is 11.0 Å². The van der Waals surface area contributed by atoms with Crippen LogP contribution in [0.4, 0.5) is 0 Å². The van der Waals surface area contributed by atoms with Gasteiger partial charge in [0.05, 0.1) is 11.8 Å². The summed E-state index contributed by atoms with van der Waals surface area (Å²) in [5.74, 6) is 1.69. The topological polar surface area (TPSA) is 101 Å². The third-order valence-corrected chi connectivity index (χ3v) is 6.44. The Labute approximate surface area is 203 Å². The Balaban J connectivity index is 0.00000141. The molecule has 1 unspecified atom stereocenters. The molecule has 9 heteroatoms. The zero-order valence-electron chi connectivity index (χ0n) is 20.7. The molecule has 4 aromatic rings. The number of nitrogens with zero attached hydrogens (tertiary/aromatic N) is 4. The van der Waals surface area contributed by atoms with Gasteiger partial charge in [0.2, 0.25) is 0 Å². The van der Waals surface area contributed by atoms with Gasteiger partial charge in [0, 0.05) is 57.3 Å². The van der Waals surface area contributed by atoms with Gasteiger partial charge < -0.3 is 24.5 Å². The normalized spacial score (nSPS) is 15.3. The van der Waals surface area contributed by atoms with Crippen molar-refractivity contribution in [2.45, 2.75) is 27.2 Å². The third kappa shape index (κ3) is 4.35. The van der Waals surface area contributed by atoms with Gasteiger partial charge in [-0.3, -0.25) is 9.59 Å². The van der Waals surface area contributed by atoms with Crippen LogP contribution >= 0.6 is 0 Å². The highest BCUT2D eigenvalue weighted by Gasteiger charge is 2.27. The van der Waals surface area contributed by atoms with E-state index in [2.05, 4.69) is 17.3 Å². The van der Waals surface area contributed by atoms with Crippen molar-refractivity contribution in [3.63, 3.8) is 0 Å². The van der Waals surface area contributed by atoms with E-state index in [0.29, 0.717) is 28.7 Å². The molecule has 1 aliphatic rings. The molecule has 5 heterocycles. The third-order valence-electron chi connectivity index (χ3n) is 6.44. The van der Waals surface area contributed by atoms with Crippen molar-refractivity contribution in [2.75, 3.05) is 27.2 Å². The number of pyridine rings is 1. The van der Waals surface area contributed by atoms with Gasteiger partial charge in [-0.1, -0.05) is 6.92 Å². The van der Waals surface area contributed by atoms with E-state index in [0.717, 1.165) is 48.8 Å². The Morgan fingerprint density at radius 2 is 1.97 bits per heavy atom. The summed E-state index contributed by atoms with van der Waals surface area (Å²) >= 11 is 0. The SMILES string of the molecule is CNC(=O)c1c(C)cc2cc(Oc3ccnn4cc(C(=O)N5CCC(C)C5)c(C)c34)ccn12.CO. The zero-order valence-corrected chi connectivity index (χ0v) is 20.7. The van der Waals surface area contributed by atoms with E-state index in [4.69, 9.17) is 9.84 Å². The Morgan fingerprint density at radius 3 is 2.66 bits per heavy atom. The minimum Gasteiger partial charge on any atom is -0.455 e. The number of aryl methyl sites for hydroxylation is 2. The number of aliphatic hydroxyl groups is 1. The summed E-state index contributed by atoms with van der Waals surface area (Å²) in [6.07, 6.45) is 6.32. The highest BCUT2D eigenvalue weighted by molar-refractivity contribution is 5.98. The van der Waals surface area contributed by atoms with Crippen LogP contribution in [0.5, 0.6) is 11.5 Å². The molecule has 0 aromatic carbocycles. The maximum absolute atomic E-state index is 13.1. The average molecular weight is 478 g/mol. The minimum absolute atomic E-state index is 0.0418. The van der Waals surface area contributed by atoms with Crippen LogP contribution in [0.15, 0.2) is 42.9 Å². The lowest BCUT2D eigenvalue weighted by Crippen LogP contribution is -2.28. The summed E-state index contributed by atoms with van der Waals surface area (Å²) in [4.78, 5) is 27.3. The Bertz CT molecular complexity index is 1400. The number of aliphatic hydroxyl groups excluding tert-OH is 1. The molecule has 184 valence electrons. The van der Waals surface area contributed by atoms with Gasteiger partial charge >= 0.3 is 0 Å². The summed E-state index contributed by atoms with van der Waals surface area (Å²) in [5.41, 5.74) is 4.63. The van der Waals surface area contributed by atoms with Crippen LogP contribution in [0.3, 0.4) is 0 Å². The lowest BCUT2D eigenvalue weighted by atomic mass is 10.1. The van der Waals surface area contributed by atoms with E-state index in [9.17, 15) is 9.59 Å². The maximum Gasteiger partial charge on any atom is 0.268 e. The summed E-state index contributed by atoms with van der Waals surface area (Å²) in [6.45, 7) is 7.60. The predicted molar refractivity (Wildman–Crippen MR) is 133 cm³/mol. The summed E-state index contributed by atoms with van der Waals surface area (Å²) in [5, 5.41) is 14.1. The standard InChI is InChI=1S/C25H27N5O3.CH4O/c1-15-6-9-28(13-15)25(32)20-14-30-23(17(20)3)21(5-8-27-30)33-19-7-10-29-18(12-19)11-16(2)22(29)24(31)26-4;1-2/h5,7-8,10-12,14-15H,6,9,13H2,1-4H3,(H,26,31);2H,1H3. The number of nitrogens with one attached hydrogen (secondary N) is 1. The Kier molecular flexibility index (Phi) is 6.79. The van der Waals surface area contributed by atoms with Crippen LogP contribution in [0.1, 0.15) is 45.3 Å². The molecule has 0 spiro atoms. The predicted octanol–water partition coefficient (Wildman–Crippen LogP) is 3.45. The number of fused-ring (bicyclic) bond motifs is 2. The number of rotatable bonds is 4. The van der Waals surface area contributed by atoms with Crippen LogP contribution < -0.4 is 10.1 Å². The highest BCUT2D eigenvalue weighted by atomic mass is 16.5. The molecule has 4 aromatic heterocycles. The van der Waals surface area contributed by atoms with Crippen molar-refractivity contribution in [2.24, 2.45) is 5.92 Å². The number of carbonyl (C=O) groups is 2. The van der Waals surface area contributed by atoms with Crippen LogP contribution in [0, 0.1) is 19.8 Å². The molecule has 2 N–H and O–H groups in total. The molecule has 35 heavy (non-hydrogen) atoms. The fourth-order valence-corrected chi connectivity index (χ4v) is 4.70. The van der Waals surface area contributed by atoms with Crippen LogP contribution in [-0.2, 0) is 0 Å². The van der Waals surface area contributed by atoms with Gasteiger partial charge in [0.25, 0.3) is 11.8 Å². The minimum atomic E-state index is -0.134. The Morgan fingerprint density at radius 1 is 1.20 bits per heavy atom. The number of amides is 2. The van der Waals surface area contributed by atoms with Crippen molar-refractivity contribution in [1.82, 2.24) is 24.2 Å². The average Bonchev–Trinajstić information content (AvgIpc) is 3.54. The van der Waals surface area contributed by atoms with Gasteiger partial charge in [-0.15, -0.1) is 0 Å². The first-order valence-electron chi connectivity index (χ1n) is 11.6. The number of hydrogen-bond donors (Lipinski definition) is 2. The molecule has 0 radical (unpaired) electrons. The van der Waals surface area contributed by atoms with E-state index in [1.165, 1.54) is 0 Å². The molecule has 1 aliphatic heterocycles. The molecule has 5 rings (SSSR count). The summed E-state index contributed by atoms with van der Waals surface area (Å²) < 4.78 is 9.81. The van der Waals surface area contributed by atoms with Crippen molar-refractivity contribution < 1.29 is 19.4 Å². The van der Waals surface area contributed by atoms with Crippen LogP contribution in [-0.4, -0.2) is 63.1 Å². The molecule has 1 saturated heterocycles. The van der Waals surface area contributed by atoms with Gasteiger partial charge in [-0.05, 0) is 49.4 Å². The van der Waals surface area contributed by atoms with E-state index < -0.39 is 0 Å². The highest BCUT2D eigenvalue weighted by Crippen LogP contribution is 2.32. The first kappa shape index (κ1) is 24.3. The van der Waals surface area contributed by atoms with Crippen molar-refractivity contribution in [3.05, 3.63) is 65.2 Å². The van der Waals surface area contributed by atoms with E-state index >= 15 is 0 Å². The molecule has 9 nitrogen and oxygen atoms in total. The van der Waals surface area contributed by atoms with Crippen molar-refractivity contribution >= 4 is 22.8 Å². The molecule has 1 atom stereocenters. The van der Waals surface area contributed by atoms with Crippen molar-refractivity contribution in [3.8, 4) is 11.5 Å². The monoisotopic (exact) mass is 477 g/mol. The van der Waals surface area contributed by atoms with Gasteiger partial charge in [0.1, 0.15) is 17.0 Å². The van der Waals surface area contributed by atoms with Gasteiger partial charge in [0.15, 0.2) is 5.75 Å². The second kappa shape index (κ2) is 9.79. The first-order chi connectivity index (χ1) is 16.9. The molecular formula is C26H31N5O4. The van der Waals surface area contributed by atoms with Gasteiger partial charge in [-0.2, -0.15) is 5.10 Å². The zero-order chi connectivity index (χ0) is 25.3. The molecule has 2 amide bonds. The summed E-state index contributed by atoms with van der Waals surface area (Å²) in [7, 11) is 2.62. The maximum atomic E-state index is 13.1. The van der Waals surface area contributed by atoms with Gasteiger partial charge in [-0.25, -0.2) is 4.52 Å². The second-order valence-corrected chi connectivity index (χ2v) is 8.82. The second-order valence-electron chi connectivity index (χ2n) is 8.82. The Hall–Kier alpha value is -3.85. The fourth-order valence-electron chi connectivity index (χ4n) is 4.70. The molecule has 0 bridgehead atoms. The number of carbonyl (C=O) groups excluding carboxylic acids is 2. The van der Waals surface area contributed by atoms with E-state index in [1.807, 2.05) is 47.5 Å². The van der Waals surface area contributed by atoms with Crippen LogP contribution in [0.2, 0.25) is 0 Å². The quantitative estimate of drug-likeness (QED) is 0.469. The molecule has 0 saturated carbocycles. The van der Waals surface area contributed by atoms with E-state index in [-0.39, 0.29) is 11.8 Å². The van der Waals surface area contributed by atoms with E-state index in [1.54, 1.807) is 30.0 Å². The molecule has 0 aliphatic carbocycles. The molecule has 1 fully saturated rings. The number of hydrogen-bond acceptors (Lipinski definition) is 5. The fraction of sp³-hybridized carbons (Fsp3) is 0.346. The lowest BCUT2D eigenvalue weighted by Gasteiger charge is -2.15. The number of ether oxygens (including phenoxy) is 1.